The quantitative estimate of drug-likeness (QED) is 0.109. The van der Waals surface area contributed by atoms with Gasteiger partial charge in [0.2, 0.25) is 0 Å². The zero-order chi connectivity index (χ0) is 27.7. The summed E-state index contributed by atoms with van der Waals surface area (Å²) in [7, 11) is -0.446. The van der Waals surface area contributed by atoms with E-state index < -0.39 is 7.92 Å². The van der Waals surface area contributed by atoms with E-state index in [-0.39, 0.29) is 0 Å². The predicted molar refractivity (Wildman–Crippen MR) is 179 cm³/mol. The van der Waals surface area contributed by atoms with E-state index in [1.807, 2.05) is 0 Å². The van der Waals surface area contributed by atoms with Gasteiger partial charge in [-0.2, -0.15) is 0 Å². The Morgan fingerprint density at radius 2 is 0.800 bits per heavy atom. The number of aryl methyl sites for hydroxylation is 1. The summed E-state index contributed by atoms with van der Waals surface area (Å²) >= 11 is 0. The molecule has 5 aromatic carbocycles. The van der Waals surface area contributed by atoms with Crippen LogP contribution in [0, 0.1) is 0 Å². The fourth-order valence-electron chi connectivity index (χ4n) is 5.09. The van der Waals surface area contributed by atoms with Crippen molar-refractivity contribution in [2.24, 2.45) is 0 Å². The summed E-state index contributed by atoms with van der Waals surface area (Å²) in [5.74, 6) is 0. The molecule has 0 bridgehead atoms. The van der Waals surface area contributed by atoms with Crippen LogP contribution in [-0.4, -0.2) is 0 Å². The molecule has 0 aliphatic rings. The van der Waals surface area contributed by atoms with Gasteiger partial charge in [0.1, 0.15) is 0 Å². The van der Waals surface area contributed by atoms with E-state index in [0.717, 1.165) is 0 Å². The van der Waals surface area contributed by atoms with Crippen LogP contribution in [0.4, 0.5) is 0 Å². The van der Waals surface area contributed by atoms with E-state index in [1.165, 1.54) is 84.0 Å². The molecule has 5 rings (SSSR count). The first-order valence-corrected chi connectivity index (χ1v) is 16.3. The summed E-state index contributed by atoms with van der Waals surface area (Å²) in [6.07, 6.45) is 10.8. The van der Waals surface area contributed by atoms with Gasteiger partial charge in [-0.1, -0.05) is 191 Å². The zero-order valence-corrected chi connectivity index (χ0v) is 24.9. The molecule has 0 unspecified atom stereocenters. The SMILES string of the molecule is CCCCCCCCCc1ccccc1-c1ccccc1.c1ccc(P(c2ccccc2)c2ccccc2)cc1. The highest BCUT2D eigenvalue weighted by atomic mass is 31.1. The molecule has 0 nitrogen and oxygen atoms in total. The Hall–Kier alpha value is -3.47. The first-order chi connectivity index (χ1) is 19.9. The molecule has 0 fully saturated rings. The van der Waals surface area contributed by atoms with E-state index in [0.29, 0.717) is 0 Å². The lowest BCUT2D eigenvalue weighted by Crippen LogP contribution is -2.20. The Morgan fingerprint density at radius 3 is 1.30 bits per heavy atom. The third-order valence-corrected chi connectivity index (χ3v) is 9.64. The molecule has 0 spiro atoms. The van der Waals surface area contributed by atoms with Crippen LogP contribution in [-0.2, 0) is 6.42 Å². The lowest BCUT2D eigenvalue weighted by atomic mass is 9.95. The third kappa shape index (κ3) is 9.32. The van der Waals surface area contributed by atoms with E-state index >= 15 is 0 Å². The van der Waals surface area contributed by atoms with Crippen molar-refractivity contribution in [3.8, 4) is 11.1 Å². The van der Waals surface area contributed by atoms with Gasteiger partial charge in [0.15, 0.2) is 0 Å². The smallest absolute Gasteiger partial charge is 0.0134 e. The van der Waals surface area contributed by atoms with Crippen molar-refractivity contribution in [2.75, 3.05) is 0 Å². The van der Waals surface area contributed by atoms with Gasteiger partial charge in [0.05, 0.1) is 0 Å². The first kappa shape index (κ1) is 29.5. The highest BCUT2D eigenvalue weighted by Gasteiger charge is 2.15. The minimum absolute atomic E-state index is 0.446. The second-order valence-corrected chi connectivity index (χ2v) is 12.5. The van der Waals surface area contributed by atoms with Crippen molar-refractivity contribution in [1.29, 1.82) is 0 Å². The molecule has 0 heterocycles. The molecule has 0 aliphatic heterocycles. The molecule has 0 amide bonds. The lowest BCUT2D eigenvalue weighted by molar-refractivity contribution is 0.589. The minimum atomic E-state index is -0.446. The minimum Gasteiger partial charge on any atom is -0.0654 e. The maximum Gasteiger partial charge on any atom is -0.0134 e. The fraction of sp³-hybridized carbons (Fsp3) is 0.231. The van der Waals surface area contributed by atoms with E-state index in [1.54, 1.807) is 0 Å². The van der Waals surface area contributed by atoms with Crippen LogP contribution in [0.1, 0.15) is 57.4 Å². The summed E-state index contributed by atoms with van der Waals surface area (Å²) in [6.45, 7) is 2.28. The van der Waals surface area contributed by atoms with Gasteiger partial charge >= 0.3 is 0 Å². The van der Waals surface area contributed by atoms with E-state index in [2.05, 4.69) is 153 Å². The molecule has 0 aliphatic carbocycles. The second kappa shape index (κ2) is 17.3. The summed E-state index contributed by atoms with van der Waals surface area (Å²) in [6, 6.07) is 52.0. The Bertz CT molecular complexity index is 1240. The van der Waals surface area contributed by atoms with Crippen LogP contribution < -0.4 is 15.9 Å². The highest BCUT2D eigenvalue weighted by molar-refractivity contribution is 7.79. The zero-order valence-electron chi connectivity index (χ0n) is 24.0. The van der Waals surface area contributed by atoms with Crippen molar-refractivity contribution in [3.05, 3.63) is 151 Å². The van der Waals surface area contributed by atoms with Crippen molar-refractivity contribution in [1.82, 2.24) is 0 Å². The average Bonchev–Trinajstić information content (AvgIpc) is 3.03. The monoisotopic (exact) mass is 542 g/mol. The Morgan fingerprint density at radius 1 is 0.400 bits per heavy atom. The van der Waals surface area contributed by atoms with Crippen LogP contribution in [0.3, 0.4) is 0 Å². The summed E-state index contributed by atoms with van der Waals surface area (Å²) in [5.41, 5.74) is 4.25. The van der Waals surface area contributed by atoms with Crippen LogP contribution in [0.2, 0.25) is 0 Å². The molecule has 0 saturated heterocycles. The number of rotatable bonds is 12. The van der Waals surface area contributed by atoms with Crippen LogP contribution in [0.5, 0.6) is 0 Å². The van der Waals surface area contributed by atoms with Gasteiger partial charge in [-0.15, -0.1) is 0 Å². The lowest BCUT2D eigenvalue weighted by Gasteiger charge is -2.18. The number of hydrogen-bond donors (Lipinski definition) is 0. The molecule has 0 radical (unpaired) electrons. The van der Waals surface area contributed by atoms with Gasteiger partial charge < -0.3 is 0 Å². The molecule has 0 saturated carbocycles. The number of hydrogen-bond acceptors (Lipinski definition) is 0. The van der Waals surface area contributed by atoms with Gasteiger partial charge in [-0.05, 0) is 53.4 Å². The van der Waals surface area contributed by atoms with Gasteiger partial charge in [0.25, 0.3) is 0 Å². The maximum atomic E-state index is 2.29. The van der Waals surface area contributed by atoms with Gasteiger partial charge in [-0.25, -0.2) is 0 Å². The molecule has 5 aromatic rings. The number of unbranched alkanes of at least 4 members (excludes halogenated alkanes) is 6. The molecule has 0 N–H and O–H groups in total. The molecule has 0 atom stereocenters. The average molecular weight is 543 g/mol. The Balaban J connectivity index is 0.000000186. The van der Waals surface area contributed by atoms with Crippen LogP contribution in [0.25, 0.3) is 11.1 Å². The van der Waals surface area contributed by atoms with Gasteiger partial charge in [-0.3, -0.25) is 0 Å². The summed E-state index contributed by atoms with van der Waals surface area (Å²) < 4.78 is 0. The van der Waals surface area contributed by atoms with Crippen LogP contribution >= 0.6 is 7.92 Å². The van der Waals surface area contributed by atoms with Crippen molar-refractivity contribution in [3.63, 3.8) is 0 Å². The van der Waals surface area contributed by atoms with Gasteiger partial charge in [0, 0.05) is 0 Å². The molecule has 1 heteroatoms. The van der Waals surface area contributed by atoms with E-state index in [4.69, 9.17) is 0 Å². The second-order valence-electron chi connectivity index (χ2n) is 10.2. The van der Waals surface area contributed by atoms with Crippen LogP contribution in [0.15, 0.2) is 146 Å². The van der Waals surface area contributed by atoms with Crippen molar-refractivity contribution >= 4 is 23.8 Å². The van der Waals surface area contributed by atoms with Crippen molar-refractivity contribution in [2.45, 2.75) is 58.3 Å². The van der Waals surface area contributed by atoms with Crippen molar-refractivity contribution < 1.29 is 0 Å². The number of benzene rings is 5. The fourth-order valence-corrected chi connectivity index (χ4v) is 7.39. The molecular formula is C39H43P. The molecule has 0 aromatic heterocycles. The predicted octanol–water partition coefficient (Wildman–Crippen LogP) is 10.1. The molecule has 204 valence electrons. The summed E-state index contributed by atoms with van der Waals surface area (Å²) in [5, 5.41) is 4.19. The normalized spacial score (nSPS) is 10.7. The molecule has 40 heavy (non-hydrogen) atoms. The Kier molecular flexibility index (Phi) is 12.7. The largest absolute Gasteiger partial charge is 0.0654 e. The topological polar surface area (TPSA) is 0 Å². The van der Waals surface area contributed by atoms with E-state index in [9.17, 15) is 0 Å². The standard InChI is InChI=1S/C21H28.C18H15P/c1-2-3-4-5-6-7-9-14-20-17-12-13-18-21(20)19-15-10-8-11-16-19;1-4-10-16(11-5-1)19(17-12-6-2-7-13-17)18-14-8-3-9-15-18/h8,10-13,15-18H,2-7,9,14H2,1H3;1-15H. The summed E-state index contributed by atoms with van der Waals surface area (Å²) in [4.78, 5) is 0. The first-order valence-electron chi connectivity index (χ1n) is 15.0. The highest BCUT2D eigenvalue weighted by Crippen LogP contribution is 2.32. The maximum absolute atomic E-state index is 2.29. The third-order valence-electron chi connectivity index (χ3n) is 7.20. The molecular weight excluding hydrogens is 499 g/mol. The Labute approximate surface area is 243 Å².